The Kier molecular flexibility index (Phi) is 4.90. The van der Waals surface area contributed by atoms with E-state index in [1.807, 2.05) is 0 Å². The van der Waals surface area contributed by atoms with Crippen LogP contribution in [0.4, 0.5) is 4.39 Å². The first-order valence-corrected chi connectivity index (χ1v) is 6.76. The smallest absolute Gasteiger partial charge is 0.267 e. The van der Waals surface area contributed by atoms with E-state index in [1.165, 1.54) is 42.5 Å². The molecule has 1 aromatic carbocycles. The van der Waals surface area contributed by atoms with Gasteiger partial charge in [-0.1, -0.05) is 6.07 Å². The van der Waals surface area contributed by atoms with Crippen molar-refractivity contribution in [2.45, 2.75) is 6.54 Å². The number of benzene rings is 1. The first-order chi connectivity index (χ1) is 10.9. The fourth-order valence-corrected chi connectivity index (χ4v) is 2.04. The van der Waals surface area contributed by atoms with E-state index in [4.69, 9.17) is 10.5 Å². The molecule has 1 heterocycles. The maximum Gasteiger partial charge on any atom is 0.267 e. The molecule has 6 nitrogen and oxygen atoms in total. The summed E-state index contributed by atoms with van der Waals surface area (Å²) in [4.78, 5) is 28.5. The van der Waals surface area contributed by atoms with E-state index in [-0.39, 0.29) is 23.9 Å². The fourth-order valence-electron chi connectivity index (χ4n) is 2.04. The molecule has 23 heavy (non-hydrogen) atoms. The second-order valence-corrected chi connectivity index (χ2v) is 4.93. The summed E-state index contributed by atoms with van der Waals surface area (Å²) in [7, 11) is 2.98. The number of rotatable bonds is 5. The molecule has 0 bridgehead atoms. The predicted molar refractivity (Wildman–Crippen MR) is 81.5 cm³/mol. The number of aromatic nitrogens is 1. The minimum absolute atomic E-state index is 0.0847. The van der Waals surface area contributed by atoms with Crippen LogP contribution in [0.2, 0.25) is 0 Å². The molecule has 0 spiro atoms. The number of carbonyl (C=O) groups is 2. The lowest BCUT2D eigenvalue weighted by atomic mass is 10.1. The Balaban J connectivity index is 2.10. The molecule has 7 heteroatoms. The SMILES string of the molecule is COc1ccc(CN(C)C(=O)c2ccc(C(N)=O)nc2)cc1F. The van der Waals surface area contributed by atoms with Crippen LogP contribution in [-0.2, 0) is 6.54 Å². The maximum atomic E-state index is 13.7. The molecule has 120 valence electrons. The van der Waals surface area contributed by atoms with Gasteiger partial charge < -0.3 is 15.4 Å². The van der Waals surface area contributed by atoms with Crippen molar-refractivity contribution < 1.29 is 18.7 Å². The van der Waals surface area contributed by atoms with Crippen LogP contribution in [0.1, 0.15) is 26.4 Å². The number of amides is 2. The largest absolute Gasteiger partial charge is 0.494 e. The van der Waals surface area contributed by atoms with E-state index in [1.54, 1.807) is 13.1 Å². The Labute approximate surface area is 132 Å². The standard InChI is InChI=1S/C16H16FN3O3/c1-20(9-10-3-6-14(23-2)12(17)7-10)16(22)11-4-5-13(15(18)21)19-8-11/h3-8H,9H2,1-2H3,(H2,18,21). The number of ether oxygens (including phenoxy) is 1. The van der Waals surface area contributed by atoms with Crippen molar-refractivity contribution in [1.29, 1.82) is 0 Å². The van der Waals surface area contributed by atoms with Crippen molar-refractivity contribution in [2.24, 2.45) is 5.73 Å². The first-order valence-electron chi connectivity index (χ1n) is 6.76. The van der Waals surface area contributed by atoms with Gasteiger partial charge in [0.15, 0.2) is 11.6 Å². The second-order valence-electron chi connectivity index (χ2n) is 4.93. The van der Waals surface area contributed by atoms with Crippen LogP contribution < -0.4 is 10.5 Å². The highest BCUT2D eigenvalue weighted by Gasteiger charge is 2.14. The van der Waals surface area contributed by atoms with Crippen LogP contribution in [0.15, 0.2) is 36.5 Å². The third-order valence-corrected chi connectivity index (χ3v) is 3.25. The number of nitrogens with zero attached hydrogens (tertiary/aromatic N) is 2. The Morgan fingerprint density at radius 3 is 2.57 bits per heavy atom. The number of hydrogen-bond donors (Lipinski definition) is 1. The summed E-state index contributed by atoms with van der Waals surface area (Å²) in [5, 5.41) is 0. The molecule has 0 fully saturated rings. The molecule has 0 radical (unpaired) electrons. The van der Waals surface area contributed by atoms with Crippen LogP contribution in [-0.4, -0.2) is 35.9 Å². The minimum atomic E-state index is -0.661. The van der Waals surface area contributed by atoms with E-state index in [9.17, 15) is 14.0 Å². The molecule has 0 saturated heterocycles. The molecule has 1 aromatic heterocycles. The highest BCUT2D eigenvalue weighted by Crippen LogP contribution is 2.19. The Hall–Kier alpha value is -2.96. The predicted octanol–water partition coefficient (Wildman–Crippen LogP) is 1.60. The highest BCUT2D eigenvalue weighted by molar-refractivity contribution is 5.95. The second kappa shape index (κ2) is 6.87. The molecule has 0 aliphatic rings. The van der Waals surface area contributed by atoms with Gasteiger partial charge in [0.05, 0.1) is 12.7 Å². The Morgan fingerprint density at radius 1 is 1.30 bits per heavy atom. The molecule has 2 N–H and O–H groups in total. The summed E-state index contributed by atoms with van der Waals surface area (Å²) in [5.74, 6) is -1.30. The van der Waals surface area contributed by atoms with Crippen molar-refractivity contribution in [2.75, 3.05) is 14.2 Å². The number of primary amides is 1. The monoisotopic (exact) mass is 317 g/mol. The zero-order valence-corrected chi connectivity index (χ0v) is 12.7. The van der Waals surface area contributed by atoms with E-state index in [0.29, 0.717) is 11.1 Å². The molecule has 2 rings (SSSR count). The van der Waals surface area contributed by atoms with Gasteiger partial charge in [0.25, 0.3) is 11.8 Å². The van der Waals surface area contributed by atoms with Crippen LogP contribution in [0.3, 0.4) is 0 Å². The van der Waals surface area contributed by atoms with E-state index in [2.05, 4.69) is 4.98 Å². The third-order valence-electron chi connectivity index (χ3n) is 3.25. The lowest BCUT2D eigenvalue weighted by molar-refractivity contribution is 0.0783. The summed E-state index contributed by atoms with van der Waals surface area (Å²) in [5.41, 5.74) is 6.12. The molecule has 0 atom stereocenters. The molecule has 0 unspecified atom stereocenters. The van der Waals surface area contributed by atoms with Crippen LogP contribution in [0.25, 0.3) is 0 Å². The van der Waals surface area contributed by atoms with E-state index in [0.717, 1.165) is 0 Å². The quantitative estimate of drug-likeness (QED) is 0.907. The molecule has 2 amide bonds. The zero-order valence-electron chi connectivity index (χ0n) is 12.7. The highest BCUT2D eigenvalue weighted by atomic mass is 19.1. The zero-order chi connectivity index (χ0) is 17.0. The van der Waals surface area contributed by atoms with Gasteiger partial charge in [-0.15, -0.1) is 0 Å². The van der Waals surface area contributed by atoms with Crippen LogP contribution >= 0.6 is 0 Å². The van der Waals surface area contributed by atoms with Crippen molar-refractivity contribution in [3.05, 3.63) is 59.2 Å². The molecular weight excluding hydrogens is 301 g/mol. The third kappa shape index (κ3) is 3.82. The van der Waals surface area contributed by atoms with Gasteiger partial charge in [0, 0.05) is 19.8 Å². The normalized spacial score (nSPS) is 10.2. The number of methoxy groups -OCH3 is 1. The van der Waals surface area contributed by atoms with Crippen molar-refractivity contribution in [1.82, 2.24) is 9.88 Å². The molecule has 0 aliphatic carbocycles. The number of nitrogens with two attached hydrogens (primary N) is 1. The number of hydrogen-bond acceptors (Lipinski definition) is 4. The van der Waals surface area contributed by atoms with Gasteiger partial charge >= 0.3 is 0 Å². The van der Waals surface area contributed by atoms with E-state index >= 15 is 0 Å². The minimum Gasteiger partial charge on any atom is -0.494 e. The van der Waals surface area contributed by atoms with Gasteiger partial charge in [-0.3, -0.25) is 14.6 Å². The van der Waals surface area contributed by atoms with Gasteiger partial charge in [-0.25, -0.2) is 4.39 Å². The Bertz CT molecular complexity index is 732. The summed E-state index contributed by atoms with van der Waals surface area (Å²) in [6.45, 7) is 0.220. The van der Waals surface area contributed by atoms with Crippen molar-refractivity contribution in [3.8, 4) is 5.75 Å². The summed E-state index contributed by atoms with van der Waals surface area (Å²) < 4.78 is 18.5. The molecule has 0 aliphatic heterocycles. The summed E-state index contributed by atoms with van der Waals surface area (Å²) in [6.07, 6.45) is 1.29. The van der Waals surface area contributed by atoms with E-state index < -0.39 is 11.7 Å². The Morgan fingerprint density at radius 2 is 2.04 bits per heavy atom. The van der Waals surface area contributed by atoms with Crippen molar-refractivity contribution in [3.63, 3.8) is 0 Å². The number of halogens is 1. The lowest BCUT2D eigenvalue weighted by Crippen LogP contribution is -2.26. The number of carbonyl (C=O) groups excluding carboxylic acids is 2. The topological polar surface area (TPSA) is 85.5 Å². The van der Waals surface area contributed by atoms with Gasteiger partial charge in [-0.05, 0) is 29.8 Å². The molecule has 0 saturated carbocycles. The first kappa shape index (κ1) is 16.4. The summed E-state index contributed by atoms with van der Waals surface area (Å²) in [6, 6.07) is 7.36. The van der Waals surface area contributed by atoms with Gasteiger partial charge in [0.1, 0.15) is 5.69 Å². The van der Waals surface area contributed by atoms with Crippen LogP contribution in [0, 0.1) is 5.82 Å². The lowest BCUT2D eigenvalue weighted by Gasteiger charge is -2.17. The average molecular weight is 317 g/mol. The van der Waals surface area contributed by atoms with Gasteiger partial charge in [-0.2, -0.15) is 0 Å². The number of pyridine rings is 1. The van der Waals surface area contributed by atoms with Crippen molar-refractivity contribution >= 4 is 11.8 Å². The summed E-state index contributed by atoms with van der Waals surface area (Å²) >= 11 is 0. The average Bonchev–Trinajstić information content (AvgIpc) is 2.54. The maximum absolute atomic E-state index is 13.7. The van der Waals surface area contributed by atoms with Crippen LogP contribution in [0.5, 0.6) is 5.75 Å². The van der Waals surface area contributed by atoms with Gasteiger partial charge in [0.2, 0.25) is 0 Å². The fraction of sp³-hybridized carbons (Fsp3) is 0.188. The molecule has 2 aromatic rings. The molecular formula is C16H16FN3O3.